The van der Waals surface area contributed by atoms with E-state index in [-0.39, 0.29) is 23.4 Å². The van der Waals surface area contributed by atoms with Gasteiger partial charge < -0.3 is 10.4 Å². The molecule has 162 valence electrons. The lowest BCUT2D eigenvalue weighted by Gasteiger charge is -2.41. The number of rotatable bonds is 9. The van der Waals surface area contributed by atoms with Gasteiger partial charge in [0.25, 0.3) is 0 Å². The summed E-state index contributed by atoms with van der Waals surface area (Å²) < 4.78 is 14.3. The second kappa shape index (κ2) is 9.15. The lowest BCUT2D eigenvalue weighted by Crippen LogP contribution is -2.42. The number of hydrogen-bond donors (Lipinski definition) is 2. The van der Waals surface area contributed by atoms with Crippen molar-refractivity contribution in [3.63, 3.8) is 0 Å². The van der Waals surface area contributed by atoms with Crippen molar-refractivity contribution >= 4 is 22.9 Å². The van der Waals surface area contributed by atoms with Gasteiger partial charge in [-0.15, -0.1) is 21.5 Å². The number of thiazole rings is 1. The number of Topliss-reactive ketones (excluding diaryl/α,β-unsaturated/α-hetero) is 1. The van der Waals surface area contributed by atoms with Crippen molar-refractivity contribution in [2.75, 3.05) is 11.9 Å². The van der Waals surface area contributed by atoms with Gasteiger partial charge in [-0.3, -0.25) is 9.78 Å². The number of anilines is 1. The SMILES string of the molecule is C[C@@H](O)C(=O)CCc1cnc(-c2ccc(NCC3(c4ncccc4F)CCC3)nn2)s1. The number of hydrogen-bond acceptors (Lipinski definition) is 8. The Labute approximate surface area is 183 Å². The molecule has 0 amide bonds. The van der Waals surface area contributed by atoms with Gasteiger partial charge in [-0.05, 0) is 50.5 Å². The zero-order chi connectivity index (χ0) is 21.8. The monoisotopic (exact) mass is 441 g/mol. The van der Waals surface area contributed by atoms with Crippen LogP contribution in [0.15, 0.2) is 36.7 Å². The fourth-order valence-corrected chi connectivity index (χ4v) is 4.55. The Morgan fingerprint density at radius 3 is 2.77 bits per heavy atom. The molecule has 0 bridgehead atoms. The van der Waals surface area contributed by atoms with E-state index in [0.29, 0.717) is 30.2 Å². The first-order valence-electron chi connectivity index (χ1n) is 10.3. The molecule has 1 aliphatic carbocycles. The summed E-state index contributed by atoms with van der Waals surface area (Å²) >= 11 is 1.46. The average Bonchev–Trinajstić information content (AvgIpc) is 3.22. The summed E-state index contributed by atoms with van der Waals surface area (Å²) in [5.41, 5.74) is 0.861. The molecule has 2 N–H and O–H groups in total. The quantitative estimate of drug-likeness (QED) is 0.524. The molecule has 1 saturated carbocycles. The minimum atomic E-state index is -0.938. The molecule has 0 radical (unpaired) electrons. The van der Waals surface area contributed by atoms with Gasteiger partial charge in [0.05, 0.1) is 5.69 Å². The normalized spacial score (nSPS) is 15.8. The van der Waals surface area contributed by atoms with E-state index >= 15 is 0 Å². The summed E-state index contributed by atoms with van der Waals surface area (Å²) in [6.07, 6.45) is 6.08. The fraction of sp³-hybridized carbons (Fsp3) is 0.409. The number of aliphatic hydroxyl groups excluding tert-OH is 1. The van der Waals surface area contributed by atoms with Gasteiger partial charge in [0.15, 0.2) is 5.78 Å². The van der Waals surface area contributed by atoms with Crippen LogP contribution in [-0.2, 0) is 16.6 Å². The van der Waals surface area contributed by atoms with E-state index < -0.39 is 6.10 Å². The Hall–Kier alpha value is -2.78. The molecule has 9 heteroatoms. The van der Waals surface area contributed by atoms with Crippen LogP contribution < -0.4 is 5.32 Å². The number of carbonyl (C=O) groups excluding carboxylic acids is 1. The number of pyridine rings is 1. The molecule has 0 unspecified atom stereocenters. The summed E-state index contributed by atoms with van der Waals surface area (Å²) in [6, 6.07) is 6.74. The van der Waals surface area contributed by atoms with Crippen LogP contribution in [0.1, 0.15) is 43.2 Å². The minimum absolute atomic E-state index is 0.181. The highest BCUT2D eigenvalue weighted by molar-refractivity contribution is 7.15. The van der Waals surface area contributed by atoms with E-state index in [2.05, 4.69) is 25.5 Å². The molecule has 4 rings (SSSR count). The van der Waals surface area contributed by atoms with Crippen molar-refractivity contribution in [3.8, 4) is 10.7 Å². The first kappa shape index (κ1) is 21.5. The maximum absolute atomic E-state index is 14.3. The van der Waals surface area contributed by atoms with Gasteiger partial charge in [0.1, 0.15) is 28.4 Å². The largest absolute Gasteiger partial charge is 0.386 e. The fourth-order valence-electron chi connectivity index (χ4n) is 3.67. The van der Waals surface area contributed by atoms with Gasteiger partial charge in [-0.25, -0.2) is 9.37 Å². The Balaban J connectivity index is 1.38. The van der Waals surface area contributed by atoms with Gasteiger partial charge >= 0.3 is 0 Å². The average molecular weight is 442 g/mol. The molecule has 1 aliphatic rings. The number of aliphatic hydroxyl groups is 1. The van der Waals surface area contributed by atoms with Crippen LogP contribution >= 0.6 is 11.3 Å². The van der Waals surface area contributed by atoms with Crippen molar-refractivity contribution in [1.29, 1.82) is 0 Å². The molecular weight excluding hydrogens is 417 g/mol. The third-order valence-electron chi connectivity index (χ3n) is 5.70. The summed E-state index contributed by atoms with van der Waals surface area (Å²) in [5, 5.41) is 21.8. The summed E-state index contributed by atoms with van der Waals surface area (Å²) in [7, 11) is 0. The maximum atomic E-state index is 14.3. The van der Waals surface area contributed by atoms with E-state index in [1.807, 2.05) is 12.1 Å². The van der Waals surface area contributed by atoms with Crippen LogP contribution in [-0.4, -0.2) is 43.7 Å². The molecule has 31 heavy (non-hydrogen) atoms. The number of aryl methyl sites for hydroxylation is 1. The third-order valence-corrected chi connectivity index (χ3v) is 6.78. The zero-order valence-corrected chi connectivity index (χ0v) is 18.0. The van der Waals surface area contributed by atoms with E-state index in [4.69, 9.17) is 0 Å². The Bertz CT molecular complexity index is 1050. The zero-order valence-electron chi connectivity index (χ0n) is 17.2. The standard InChI is InChI=1S/C22H24FN5O2S/c1-14(29)18(30)7-5-15-12-25-21(31-15)17-6-8-19(28-27-17)26-13-22(9-3-10-22)20-16(23)4-2-11-24-20/h2,4,6,8,11-12,14,29H,3,5,7,9-10,13H2,1H3,(H,26,28)/t14-/m1/s1. The number of carbonyl (C=O) groups is 1. The molecular formula is C22H24FN5O2S. The number of aromatic nitrogens is 4. The number of halogens is 1. The molecule has 0 aromatic carbocycles. The first-order valence-corrected chi connectivity index (χ1v) is 11.1. The smallest absolute Gasteiger partial charge is 0.161 e. The van der Waals surface area contributed by atoms with Gasteiger partial charge in [0, 0.05) is 35.7 Å². The van der Waals surface area contributed by atoms with Crippen LogP contribution in [0, 0.1) is 5.82 Å². The summed E-state index contributed by atoms with van der Waals surface area (Å²) in [4.78, 5) is 21.2. The number of nitrogens with zero attached hydrogens (tertiary/aromatic N) is 4. The van der Waals surface area contributed by atoms with E-state index in [9.17, 15) is 14.3 Å². The molecule has 7 nitrogen and oxygen atoms in total. The summed E-state index contributed by atoms with van der Waals surface area (Å²) in [5.74, 6) is 0.172. The molecule has 3 aromatic heterocycles. The van der Waals surface area contributed by atoms with Crippen molar-refractivity contribution in [3.05, 3.63) is 53.0 Å². The van der Waals surface area contributed by atoms with Crippen LogP contribution in [0.2, 0.25) is 0 Å². The van der Waals surface area contributed by atoms with E-state index in [0.717, 1.165) is 29.1 Å². The van der Waals surface area contributed by atoms with E-state index in [1.54, 1.807) is 18.5 Å². The van der Waals surface area contributed by atoms with Crippen molar-refractivity contribution in [1.82, 2.24) is 20.2 Å². The molecule has 1 atom stereocenters. The highest BCUT2D eigenvalue weighted by Crippen LogP contribution is 2.43. The highest BCUT2D eigenvalue weighted by Gasteiger charge is 2.41. The third kappa shape index (κ3) is 4.77. The lowest BCUT2D eigenvalue weighted by atomic mass is 9.66. The maximum Gasteiger partial charge on any atom is 0.161 e. The second-order valence-electron chi connectivity index (χ2n) is 7.90. The minimum Gasteiger partial charge on any atom is -0.386 e. The Kier molecular flexibility index (Phi) is 6.33. The van der Waals surface area contributed by atoms with Gasteiger partial charge in [0.2, 0.25) is 0 Å². The molecule has 0 saturated heterocycles. The Morgan fingerprint density at radius 2 is 2.13 bits per heavy atom. The molecule has 3 aromatic rings. The molecule has 3 heterocycles. The molecule has 0 aliphatic heterocycles. The predicted molar refractivity (Wildman–Crippen MR) is 116 cm³/mol. The lowest BCUT2D eigenvalue weighted by molar-refractivity contribution is -0.126. The van der Waals surface area contributed by atoms with Gasteiger partial charge in [-0.1, -0.05) is 6.42 Å². The van der Waals surface area contributed by atoms with Crippen LogP contribution in [0.25, 0.3) is 10.7 Å². The highest BCUT2D eigenvalue weighted by atomic mass is 32.1. The molecule has 0 spiro atoms. The van der Waals surface area contributed by atoms with Crippen LogP contribution in [0.4, 0.5) is 10.2 Å². The number of ketones is 1. The summed E-state index contributed by atoms with van der Waals surface area (Å²) in [6.45, 7) is 2.03. The number of nitrogens with one attached hydrogen (secondary N) is 1. The first-order chi connectivity index (χ1) is 15.0. The Morgan fingerprint density at radius 1 is 1.29 bits per heavy atom. The topological polar surface area (TPSA) is 101 Å². The van der Waals surface area contributed by atoms with Crippen LogP contribution in [0.5, 0.6) is 0 Å². The van der Waals surface area contributed by atoms with Crippen LogP contribution in [0.3, 0.4) is 0 Å². The van der Waals surface area contributed by atoms with Crippen molar-refractivity contribution in [2.24, 2.45) is 0 Å². The van der Waals surface area contributed by atoms with Crippen molar-refractivity contribution in [2.45, 2.75) is 50.5 Å². The molecule has 1 fully saturated rings. The van der Waals surface area contributed by atoms with Crippen molar-refractivity contribution < 1.29 is 14.3 Å². The van der Waals surface area contributed by atoms with E-state index in [1.165, 1.54) is 24.3 Å². The van der Waals surface area contributed by atoms with Gasteiger partial charge in [-0.2, -0.15) is 0 Å². The second-order valence-corrected chi connectivity index (χ2v) is 9.01. The predicted octanol–water partition coefficient (Wildman–Crippen LogP) is 3.55.